The second-order valence-electron chi connectivity index (χ2n) is 4.03. The zero-order chi connectivity index (χ0) is 11.8. The number of nitrogens with one attached hydrogen (secondary N) is 1. The average Bonchev–Trinajstić information content (AvgIpc) is 2.17. The first-order valence-electron chi connectivity index (χ1n) is 5.73. The van der Waals surface area contributed by atoms with Gasteiger partial charge in [-0.2, -0.15) is 0 Å². The van der Waals surface area contributed by atoms with Gasteiger partial charge in [-0.15, -0.1) is 0 Å². The fourth-order valence-corrected chi connectivity index (χ4v) is 1.49. The molecule has 0 aromatic heterocycles. The molecule has 0 aliphatic carbocycles. The first-order valence-corrected chi connectivity index (χ1v) is 5.73. The highest BCUT2D eigenvalue weighted by Crippen LogP contribution is 2.00. The molecule has 0 radical (unpaired) electrons. The molecule has 0 fully saturated rings. The quantitative estimate of drug-likeness (QED) is 0.639. The lowest BCUT2D eigenvalue weighted by Gasteiger charge is -2.28. The topological polar surface area (TPSA) is 52.6 Å². The van der Waals surface area contributed by atoms with E-state index >= 15 is 0 Å². The Hall–Kier alpha value is -0.610. The molecule has 0 bridgehead atoms. The van der Waals surface area contributed by atoms with Crippen LogP contribution in [0.2, 0.25) is 0 Å². The summed E-state index contributed by atoms with van der Waals surface area (Å²) >= 11 is 0. The molecule has 4 heteroatoms. The average molecular weight is 216 g/mol. The highest BCUT2D eigenvalue weighted by atomic mass is 16.4. The van der Waals surface area contributed by atoms with Gasteiger partial charge in [0.1, 0.15) is 6.04 Å². The van der Waals surface area contributed by atoms with Crippen molar-refractivity contribution in [3.8, 4) is 0 Å². The van der Waals surface area contributed by atoms with Crippen molar-refractivity contribution in [2.45, 2.75) is 46.2 Å². The summed E-state index contributed by atoms with van der Waals surface area (Å²) in [5.41, 5.74) is 0. The van der Waals surface area contributed by atoms with Crippen LogP contribution in [0.4, 0.5) is 0 Å². The van der Waals surface area contributed by atoms with Gasteiger partial charge >= 0.3 is 5.97 Å². The lowest BCUT2D eigenvalue weighted by Crippen LogP contribution is -2.48. The number of rotatable bonds is 8. The first-order chi connectivity index (χ1) is 7.02. The number of aliphatic carboxylic acids is 1. The van der Waals surface area contributed by atoms with Crippen LogP contribution in [-0.4, -0.2) is 47.7 Å². The molecule has 4 nitrogen and oxygen atoms in total. The van der Waals surface area contributed by atoms with Gasteiger partial charge in [0, 0.05) is 12.6 Å². The van der Waals surface area contributed by atoms with Crippen molar-refractivity contribution < 1.29 is 9.90 Å². The van der Waals surface area contributed by atoms with Crippen LogP contribution in [0, 0.1) is 0 Å². The molecule has 0 heterocycles. The van der Waals surface area contributed by atoms with E-state index in [0.717, 1.165) is 19.5 Å². The Morgan fingerprint density at radius 2 is 2.00 bits per heavy atom. The molecule has 1 unspecified atom stereocenters. The van der Waals surface area contributed by atoms with E-state index in [1.807, 2.05) is 6.92 Å². The molecular formula is C11H24N2O2. The second kappa shape index (κ2) is 7.65. The summed E-state index contributed by atoms with van der Waals surface area (Å²) in [4.78, 5) is 13.1. The standard InChI is InChI=1S/C11H24N2O2/c1-5-7-12-10(11(14)15)8-13(6-2)9(3)4/h9-10,12H,5-8H2,1-4H3,(H,14,15). The Morgan fingerprint density at radius 1 is 1.40 bits per heavy atom. The summed E-state index contributed by atoms with van der Waals surface area (Å²) in [5.74, 6) is -0.762. The van der Waals surface area contributed by atoms with E-state index in [4.69, 9.17) is 5.11 Å². The normalized spacial score (nSPS) is 13.5. The largest absolute Gasteiger partial charge is 0.480 e. The maximum atomic E-state index is 11.0. The van der Waals surface area contributed by atoms with Crippen LogP contribution in [0.1, 0.15) is 34.1 Å². The van der Waals surface area contributed by atoms with Crippen molar-refractivity contribution in [3.05, 3.63) is 0 Å². The first kappa shape index (κ1) is 14.4. The van der Waals surface area contributed by atoms with E-state index < -0.39 is 12.0 Å². The second-order valence-corrected chi connectivity index (χ2v) is 4.03. The number of carbonyl (C=O) groups is 1. The van der Waals surface area contributed by atoms with Crippen LogP contribution in [0.5, 0.6) is 0 Å². The van der Waals surface area contributed by atoms with Gasteiger partial charge in [-0.1, -0.05) is 13.8 Å². The number of nitrogens with zero attached hydrogens (tertiary/aromatic N) is 1. The summed E-state index contributed by atoms with van der Waals surface area (Å²) < 4.78 is 0. The van der Waals surface area contributed by atoms with Crippen molar-refractivity contribution in [1.29, 1.82) is 0 Å². The van der Waals surface area contributed by atoms with E-state index in [2.05, 4.69) is 31.0 Å². The molecule has 0 spiro atoms. The highest BCUT2D eigenvalue weighted by Gasteiger charge is 2.20. The number of hydrogen-bond acceptors (Lipinski definition) is 3. The van der Waals surface area contributed by atoms with E-state index in [-0.39, 0.29) is 0 Å². The molecule has 0 aromatic rings. The van der Waals surface area contributed by atoms with E-state index in [9.17, 15) is 4.79 Å². The van der Waals surface area contributed by atoms with Crippen molar-refractivity contribution >= 4 is 5.97 Å². The maximum absolute atomic E-state index is 11.0. The van der Waals surface area contributed by atoms with Crippen LogP contribution in [0.25, 0.3) is 0 Å². The van der Waals surface area contributed by atoms with Crippen LogP contribution in [0.15, 0.2) is 0 Å². The lowest BCUT2D eigenvalue weighted by molar-refractivity contribution is -0.140. The van der Waals surface area contributed by atoms with Crippen LogP contribution >= 0.6 is 0 Å². The van der Waals surface area contributed by atoms with Crippen molar-refractivity contribution in [2.75, 3.05) is 19.6 Å². The molecule has 1 atom stereocenters. The Bertz CT molecular complexity index is 183. The molecule has 15 heavy (non-hydrogen) atoms. The highest BCUT2D eigenvalue weighted by molar-refractivity contribution is 5.73. The van der Waals surface area contributed by atoms with Crippen LogP contribution in [0.3, 0.4) is 0 Å². The maximum Gasteiger partial charge on any atom is 0.322 e. The fraction of sp³-hybridized carbons (Fsp3) is 0.909. The predicted molar refractivity (Wildman–Crippen MR) is 62.1 cm³/mol. The van der Waals surface area contributed by atoms with Gasteiger partial charge in [0.05, 0.1) is 0 Å². The Kier molecular flexibility index (Phi) is 7.34. The molecule has 0 aliphatic rings. The minimum absolute atomic E-state index is 0.389. The van der Waals surface area contributed by atoms with Crippen LogP contribution in [-0.2, 0) is 4.79 Å². The van der Waals surface area contributed by atoms with Crippen molar-refractivity contribution in [2.24, 2.45) is 0 Å². The third-order valence-corrected chi connectivity index (χ3v) is 2.49. The molecule has 90 valence electrons. The smallest absolute Gasteiger partial charge is 0.322 e. The Labute approximate surface area is 92.7 Å². The van der Waals surface area contributed by atoms with E-state index in [0.29, 0.717) is 12.6 Å². The predicted octanol–water partition coefficient (Wildman–Crippen LogP) is 1.17. The number of likely N-dealkylation sites (N-methyl/N-ethyl adjacent to an activating group) is 1. The summed E-state index contributed by atoms with van der Waals surface area (Å²) in [6.07, 6.45) is 0.956. The van der Waals surface area contributed by atoms with Gasteiger partial charge in [0.2, 0.25) is 0 Å². The lowest BCUT2D eigenvalue weighted by atomic mass is 10.2. The van der Waals surface area contributed by atoms with Gasteiger partial charge in [0.15, 0.2) is 0 Å². The zero-order valence-corrected chi connectivity index (χ0v) is 10.3. The third-order valence-electron chi connectivity index (χ3n) is 2.49. The molecule has 0 amide bonds. The van der Waals surface area contributed by atoms with Gasteiger partial charge in [-0.3, -0.25) is 9.69 Å². The zero-order valence-electron chi connectivity index (χ0n) is 10.3. The van der Waals surface area contributed by atoms with Gasteiger partial charge < -0.3 is 10.4 Å². The molecule has 0 rings (SSSR count). The molecule has 0 saturated carbocycles. The van der Waals surface area contributed by atoms with Gasteiger partial charge in [-0.25, -0.2) is 0 Å². The minimum Gasteiger partial charge on any atom is -0.480 e. The van der Waals surface area contributed by atoms with Crippen molar-refractivity contribution in [1.82, 2.24) is 10.2 Å². The third kappa shape index (κ3) is 5.74. The minimum atomic E-state index is -0.762. The molecular weight excluding hydrogens is 192 g/mol. The van der Waals surface area contributed by atoms with Gasteiger partial charge in [0.25, 0.3) is 0 Å². The number of carboxylic acids is 1. The fourth-order valence-electron chi connectivity index (χ4n) is 1.49. The summed E-state index contributed by atoms with van der Waals surface area (Å²) in [6, 6.07) is -0.0624. The monoisotopic (exact) mass is 216 g/mol. The summed E-state index contributed by atoms with van der Waals surface area (Å²) in [7, 11) is 0. The van der Waals surface area contributed by atoms with Crippen molar-refractivity contribution in [3.63, 3.8) is 0 Å². The van der Waals surface area contributed by atoms with E-state index in [1.54, 1.807) is 0 Å². The Balaban J connectivity index is 4.18. The van der Waals surface area contributed by atoms with Crippen LogP contribution < -0.4 is 5.32 Å². The number of carboxylic acid groups (broad SMARTS) is 1. The molecule has 2 N–H and O–H groups in total. The SMILES string of the molecule is CCCNC(CN(CC)C(C)C)C(=O)O. The summed E-state index contributed by atoms with van der Waals surface area (Å²) in [6.45, 7) is 10.5. The molecule has 0 aliphatic heterocycles. The van der Waals surface area contributed by atoms with Gasteiger partial charge in [-0.05, 0) is 33.4 Å². The summed E-state index contributed by atoms with van der Waals surface area (Å²) in [5, 5.41) is 12.1. The molecule has 0 aromatic carbocycles. The van der Waals surface area contributed by atoms with E-state index in [1.165, 1.54) is 0 Å². The Morgan fingerprint density at radius 3 is 2.33 bits per heavy atom. The number of hydrogen-bond donors (Lipinski definition) is 2. The molecule has 0 saturated heterocycles.